The first-order valence-corrected chi connectivity index (χ1v) is 5.22. The fraction of sp³-hybridized carbons (Fsp3) is 0.364. The fourth-order valence-electron chi connectivity index (χ4n) is 1.22. The van der Waals surface area contributed by atoms with Crippen LogP contribution in [0.5, 0.6) is 0 Å². The summed E-state index contributed by atoms with van der Waals surface area (Å²) in [5.41, 5.74) is 0.259. The Balaban J connectivity index is 2.68. The fourth-order valence-corrected chi connectivity index (χ4v) is 1.45. The standard InChI is InChI=1S/C11H13ClFNO/c1-2-14-6-5-11(15)9-7-8(13)3-4-10(9)12/h3-4,7,14H,2,5-6H2,1H3. The molecule has 0 aliphatic heterocycles. The average molecular weight is 230 g/mol. The molecular weight excluding hydrogens is 217 g/mol. The first-order valence-electron chi connectivity index (χ1n) is 4.84. The van der Waals surface area contributed by atoms with Crippen LogP contribution in [0.3, 0.4) is 0 Å². The third kappa shape index (κ3) is 3.61. The van der Waals surface area contributed by atoms with Crippen LogP contribution in [0.1, 0.15) is 23.7 Å². The number of nitrogens with one attached hydrogen (secondary N) is 1. The van der Waals surface area contributed by atoms with E-state index in [-0.39, 0.29) is 11.3 Å². The molecule has 0 saturated carbocycles. The van der Waals surface area contributed by atoms with Crippen LogP contribution in [-0.2, 0) is 0 Å². The second kappa shape index (κ2) is 5.83. The van der Waals surface area contributed by atoms with E-state index in [0.717, 1.165) is 6.54 Å². The predicted molar refractivity (Wildman–Crippen MR) is 58.9 cm³/mol. The molecule has 0 aliphatic carbocycles. The zero-order valence-corrected chi connectivity index (χ0v) is 9.27. The maximum Gasteiger partial charge on any atom is 0.165 e. The molecule has 0 bridgehead atoms. The summed E-state index contributed by atoms with van der Waals surface area (Å²) in [7, 11) is 0. The zero-order valence-electron chi connectivity index (χ0n) is 8.52. The Hall–Kier alpha value is -0.930. The van der Waals surface area contributed by atoms with Crippen molar-refractivity contribution in [2.75, 3.05) is 13.1 Å². The molecular formula is C11H13ClFNO. The summed E-state index contributed by atoms with van der Waals surface area (Å²) < 4.78 is 12.9. The molecule has 0 fully saturated rings. The Morgan fingerprint density at radius 2 is 2.27 bits per heavy atom. The summed E-state index contributed by atoms with van der Waals surface area (Å²) in [6.07, 6.45) is 0.330. The Morgan fingerprint density at radius 1 is 1.53 bits per heavy atom. The summed E-state index contributed by atoms with van der Waals surface area (Å²) in [6, 6.07) is 3.82. The first-order chi connectivity index (χ1) is 7.15. The van der Waals surface area contributed by atoms with E-state index >= 15 is 0 Å². The maximum atomic E-state index is 12.9. The Morgan fingerprint density at radius 3 is 2.93 bits per heavy atom. The summed E-state index contributed by atoms with van der Waals surface area (Å²) in [4.78, 5) is 11.6. The van der Waals surface area contributed by atoms with Crippen molar-refractivity contribution in [3.8, 4) is 0 Å². The molecule has 0 radical (unpaired) electrons. The van der Waals surface area contributed by atoms with Crippen LogP contribution in [-0.4, -0.2) is 18.9 Å². The summed E-state index contributed by atoms with van der Waals surface area (Å²) >= 11 is 5.80. The minimum atomic E-state index is -0.439. The van der Waals surface area contributed by atoms with Gasteiger partial charge in [-0.2, -0.15) is 0 Å². The number of Topliss-reactive ketones (excluding diaryl/α,β-unsaturated/α-hetero) is 1. The van der Waals surface area contributed by atoms with Crippen molar-refractivity contribution < 1.29 is 9.18 Å². The van der Waals surface area contributed by atoms with Crippen LogP contribution < -0.4 is 5.32 Å². The lowest BCUT2D eigenvalue weighted by Gasteiger charge is -2.04. The van der Waals surface area contributed by atoms with Gasteiger partial charge in [-0.3, -0.25) is 4.79 Å². The highest BCUT2D eigenvalue weighted by Gasteiger charge is 2.10. The van der Waals surface area contributed by atoms with Crippen molar-refractivity contribution in [1.82, 2.24) is 5.32 Å². The van der Waals surface area contributed by atoms with Gasteiger partial charge in [-0.05, 0) is 24.7 Å². The molecule has 0 aromatic heterocycles. The van der Waals surface area contributed by atoms with Gasteiger partial charge in [0.25, 0.3) is 0 Å². The lowest BCUT2D eigenvalue weighted by atomic mass is 10.1. The molecule has 0 spiro atoms. The van der Waals surface area contributed by atoms with Crippen molar-refractivity contribution in [2.24, 2.45) is 0 Å². The Kier molecular flexibility index (Phi) is 4.72. The molecule has 15 heavy (non-hydrogen) atoms. The molecule has 1 N–H and O–H groups in total. The van der Waals surface area contributed by atoms with E-state index < -0.39 is 5.82 Å². The van der Waals surface area contributed by atoms with Crippen LogP contribution in [0.2, 0.25) is 5.02 Å². The van der Waals surface area contributed by atoms with Crippen LogP contribution in [0.25, 0.3) is 0 Å². The van der Waals surface area contributed by atoms with Crippen molar-refractivity contribution in [3.63, 3.8) is 0 Å². The molecule has 0 heterocycles. The van der Waals surface area contributed by atoms with Gasteiger partial charge in [0.05, 0.1) is 5.02 Å². The lowest BCUT2D eigenvalue weighted by Crippen LogP contribution is -2.17. The monoisotopic (exact) mass is 229 g/mol. The van der Waals surface area contributed by atoms with Gasteiger partial charge in [-0.1, -0.05) is 18.5 Å². The lowest BCUT2D eigenvalue weighted by molar-refractivity contribution is 0.0982. The summed E-state index contributed by atoms with van der Waals surface area (Å²) in [5, 5.41) is 3.33. The number of hydrogen-bond acceptors (Lipinski definition) is 2. The molecule has 4 heteroatoms. The van der Waals surface area contributed by atoms with E-state index in [0.29, 0.717) is 18.0 Å². The number of halogens is 2. The van der Waals surface area contributed by atoms with E-state index in [1.54, 1.807) is 0 Å². The molecule has 1 rings (SSSR count). The minimum Gasteiger partial charge on any atom is -0.317 e. The number of carbonyl (C=O) groups excluding carboxylic acids is 1. The number of benzene rings is 1. The third-order valence-corrected chi connectivity index (χ3v) is 2.34. The van der Waals surface area contributed by atoms with Gasteiger partial charge in [-0.25, -0.2) is 4.39 Å². The highest BCUT2D eigenvalue weighted by Crippen LogP contribution is 2.18. The second-order valence-electron chi connectivity index (χ2n) is 3.15. The van der Waals surface area contributed by atoms with Crippen molar-refractivity contribution in [2.45, 2.75) is 13.3 Å². The van der Waals surface area contributed by atoms with Crippen LogP contribution in [0.15, 0.2) is 18.2 Å². The van der Waals surface area contributed by atoms with Gasteiger partial charge in [0.15, 0.2) is 5.78 Å². The molecule has 0 aliphatic rings. The quantitative estimate of drug-likeness (QED) is 0.621. The number of rotatable bonds is 5. The van der Waals surface area contributed by atoms with E-state index in [1.807, 2.05) is 6.92 Å². The first kappa shape index (κ1) is 12.1. The number of hydrogen-bond donors (Lipinski definition) is 1. The van der Waals surface area contributed by atoms with Gasteiger partial charge in [-0.15, -0.1) is 0 Å². The third-order valence-electron chi connectivity index (χ3n) is 2.01. The van der Waals surface area contributed by atoms with Crippen LogP contribution >= 0.6 is 11.6 Å². The summed E-state index contributed by atoms with van der Waals surface area (Å²) in [6.45, 7) is 3.35. The minimum absolute atomic E-state index is 0.138. The van der Waals surface area contributed by atoms with E-state index in [9.17, 15) is 9.18 Å². The molecule has 0 atom stereocenters. The van der Waals surface area contributed by atoms with Gasteiger partial charge in [0.2, 0.25) is 0 Å². The van der Waals surface area contributed by atoms with Crippen LogP contribution in [0, 0.1) is 5.82 Å². The van der Waals surface area contributed by atoms with Crippen molar-refractivity contribution >= 4 is 17.4 Å². The van der Waals surface area contributed by atoms with Gasteiger partial charge < -0.3 is 5.32 Å². The van der Waals surface area contributed by atoms with Crippen molar-refractivity contribution in [3.05, 3.63) is 34.6 Å². The highest BCUT2D eigenvalue weighted by molar-refractivity contribution is 6.33. The number of ketones is 1. The molecule has 0 amide bonds. The second-order valence-corrected chi connectivity index (χ2v) is 3.56. The largest absolute Gasteiger partial charge is 0.317 e. The predicted octanol–water partition coefficient (Wildman–Crippen LogP) is 2.66. The Labute approximate surface area is 93.4 Å². The normalized spacial score (nSPS) is 10.3. The van der Waals surface area contributed by atoms with Gasteiger partial charge >= 0.3 is 0 Å². The zero-order chi connectivity index (χ0) is 11.3. The summed E-state index contributed by atoms with van der Waals surface area (Å²) in [5.74, 6) is -0.577. The number of carbonyl (C=O) groups is 1. The Bertz CT molecular complexity index is 354. The molecule has 2 nitrogen and oxygen atoms in total. The average Bonchev–Trinajstić information content (AvgIpc) is 2.22. The topological polar surface area (TPSA) is 29.1 Å². The molecule has 1 aromatic rings. The smallest absolute Gasteiger partial charge is 0.165 e. The molecule has 0 saturated heterocycles. The van der Waals surface area contributed by atoms with E-state index in [2.05, 4.69) is 5.32 Å². The van der Waals surface area contributed by atoms with E-state index in [4.69, 9.17) is 11.6 Å². The molecule has 0 unspecified atom stereocenters. The van der Waals surface area contributed by atoms with E-state index in [1.165, 1.54) is 18.2 Å². The molecule has 1 aromatic carbocycles. The van der Waals surface area contributed by atoms with Gasteiger partial charge in [0, 0.05) is 18.5 Å². The van der Waals surface area contributed by atoms with Gasteiger partial charge in [0.1, 0.15) is 5.82 Å². The maximum absolute atomic E-state index is 12.9. The van der Waals surface area contributed by atoms with Crippen LogP contribution in [0.4, 0.5) is 4.39 Å². The SMILES string of the molecule is CCNCCC(=O)c1cc(F)ccc1Cl. The molecule has 82 valence electrons. The highest BCUT2D eigenvalue weighted by atomic mass is 35.5. The van der Waals surface area contributed by atoms with Crippen molar-refractivity contribution in [1.29, 1.82) is 0 Å².